The Hall–Kier alpha value is -2.79. The van der Waals surface area contributed by atoms with Crippen molar-refractivity contribution in [3.05, 3.63) is 29.1 Å². The van der Waals surface area contributed by atoms with Crippen LogP contribution >= 0.6 is 0 Å². The number of ether oxygens (including phenoxy) is 12. The van der Waals surface area contributed by atoms with E-state index in [2.05, 4.69) is 10.1 Å². The van der Waals surface area contributed by atoms with E-state index < -0.39 is 58.9 Å². The van der Waals surface area contributed by atoms with Gasteiger partial charge in [0.2, 0.25) is 34.8 Å². The lowest BCUT2D eigenvalue weighted by Gasteiger charge is -2.19. The van der Waals surface area contributed by atoms with E-state index in [1.165, 1.54) is 0 Å². The molecule has 1 rings (SSSR count). The molecule has 1 aromatic carbocycles. The molecule has 1 aromatic rings. The zero-order valence-corrected chi connectivity index (χ0v) is 31.2. The molecule has 0 spiro atoms. The van der Waals surface area contributed by atoms with E-state index in [0.717, 1.165) is 0 Å². The second-order valence-corrected chi connectivity index (χ2v) is 11.7. The number of halogens is 5. The van der Waals surface area contributed by atoms with E-state index in [0.29, 0.717) is 112 Å². The molecular weight excluding hydrogens is 741 g/mol. The minimum atomic E-state index is -2.35. The van der Waals surface area contributed by atoms with Gasteiger partial charge in [0.1, 0.15) is 5.60 Å². The molecule has 1 amide bonds. The van der Waals surface area contributed by atoms with Crippen LogP contribution in [0.1, 0.15) is 27.2 Å². The van der Waals surface area contributed by atoms with Crippen LogP contribution in [0.25, 0.3) is 0 Å². The van der Waals surface area contributed by atoms with Crippen molar-refractivity contribution in [3.8, 4) is 5.75 Å². The Morgan fingerprint density at radius 1 is 0.444 bits per heavy atom. The fraction of sp³-hybridized carbons (Fsp3) is 0.765. The summed E-state index contributed by atoms with van der Waals surface area (Å²) in [5.41, 5.74) is -0.534. The molecule has 0 unspecified atom stereocenters. The monoisotopic (exact) mass is 795 g/mol. The van der Waals surface area contributed by atoms with E-state index in [-0.39, 0.29) is 26.4 Å². The Kier molecular flexibility index (Phi) is 28.6. The van der Waals surface area contributed by atoms with Gasteiger partial charge in [0.05, 0.1) is 139 Å². The molecule has 0 aliphatic heterocycles. The molecule has 0 radical (unpaired) electrons. The van der Waals surface area contributed by atoms with Gasteiger partial charge in [0.25, 0.3) is 0 Å². The van der Waals surface area contributed by atoms with E-state index in [4.69, 9.17) is 52.1 Å². The number of benzene rings is 1. The highest BCUT2D eigenvalue weighted by Gasteiger charge is 2.28. The molecule has 54 heavy (non-hydrogen) atoms. The van der Waals surface area contributed by atoms with E-state index >= 15 is 0 Å². The maximum atomic E-state index is 13.5. The van der Waals surface area contributed by atoms with Crippen molar-refractivity contribution in [2.75, 3.05) is 139 Å². The van der Waals surface area contributed by atoms with Crippen LogP contribution in [0, 0.1) is 29.1 Å². The first-order chi connectivity index (χ1) is 25.9. The van der Waals surface area contributed by atoms with Crippen LogP contribution in [0.4, 0.5) is 26.7 Å². The van der Waals surface area contributed by atoms with Crippen LogP contribution < -0.4 is 10.1 Å². The summed E-state index contributed by atoms with van der Waals surface area (Å²) in [6.07, 6.45) is -0.967. The second kappa shape index (κ2) is 31.4. The Morgan fingerprint density at radius 3 is 1.04 bits per heavy atom. The molecule has 0 fully saturated rings. The summed E-state index contributed by atoms with van der Waals surface area (Å²) in [5.74, 6) is -14.2. The predicted octanol–water partition coefficient (Wildman–Crippen LogP) is 3.37. The minimum Gasteiger partial charge on any atom is -0.444 e. The molecule has 0 atom stereocenters. The lowest BCUT2D eigenvalue weighted by molar-refractivity contribution is -0.136. The highest BCUT2D eigenvalue weighted by molar-refractivity contribution is 5.72. The molecule has 0 aromatic heterocycles. The van der Waals surface area contributed by atoms with Gasteiger partial charge in [0.15, 0.2) is 0 Å². The fourth-order valence-corrected chi connectivity index (χ4v) is 3.62. The average molecular weight is 796 g/mol. The van der Waals surface area contributed by atoms with Crippen LogP contribution in [0.15, 0.2) is 0 Å². The molecule has 0 saturated carbocycles. The molecule has 0 aliphatic rings. The van der Waals surface area contributed by atoms with Gasteiger partial charge < -0.3 is 62.2 Å². The van der Waals surface area contributed by atoms with Gasteiger partial charge in [-0.25, -0.2) is 18.0 Å². The Balaban J connectivity index is 1.74. The molecule has 0 aliphatic carbocycles. The second-order valence-electron chi connectivity index (χ2n) is 11.7. The van der Waals surface area contributed by atoms with Crippen molar-refractivity contribution in [1.29, 1.82) is 0 Å². The number of carbonyl (C=O) groups excluding carboxylic acids is 2. The summed E-state index contributed by atoms with van der Waals surface area (Å²) < 4.78 is 130. The first-order valence-electron chi connectivity index (χ1n) is 17.4. The summed E-state index contributed by atoms with van der Waals surface area (Å²) in [5, 5.41) is 2.61. The first kappa shape index (κ1) is 49.2. The van der Waals surface area contributed by atoms with Gasteiger partial charge in [-0.15, -0.1) is 0 Å². The smallest absolute Gasteiger partial charge is 0.407 e. The van der Waals surface area contributed by atoms with E-state index in [9.17, 15) is 31.5 Å². The highest BCUT2D eigenvalue weighted by Crippen LogP contribution is 2.29. The van der Waals surface area contributed by atoms with Gasteiger partial charge in [-0.2, -0.15) is 8.78 Å². The molecule has 20 heteroatoms. The van der Waals surface area contributed by atoms with Crippen LogP contribution in [0.3, 0.4) is 0 Å². The average Bonchev–Trinajstić information content (AvgIpc) is 3.13. The SMILES string of the molecule is CC(C)(C)OC(=O)NCCOCCOCCOCCOCCOCCOCCOCCOCCOCCOCCC(=O)Oc1c(F)c(F)c(F)c(F)c1F. The van der Waals surface area contributed by atoms with Crippen LogP contribution in [-0.2, 0) is 56.9 Å². The van der Waals surface area contributed by atoms with Crippen LogP contribution in [-0.4, -0.2) is 156 Å². The highest BCUT2D eigenvalue weighted by atomic mass is 19.2. The van der Waals surface area contributed by atoms with Crippen molar-refractivity contribution in [2.45, 2.75) is 32.8 Å². The minimum absolute atomic E-state index is 0.0745. The van der Waals surface area contributed by atoms with Crippen molar-refractivity contribution in [3.63, 3.8) is 0 Å². The van der Waals surface area contributed by atoms with Gasteiger partial charge in [-0.3, -0.25) is 4.79 Å². The summed E-state index contributed by atoms with van der Waals surface area (Å²) in [7, 11) is 0. The zero-order valence-electron chi connectivity index (χ0n) is 31.2. The lowest BCUT2D eigenvalue weighted by Crippen LogP contribution is -2.34. The van der Waals surface area contributed by atoms with Gasteiger partial charge in [-0.05, 0) is 20.8 Å². The molecule has 0 saturated heterocycles. The number of alkyl carbamates (subject to hydrolysis) is 1. The predicted molar refractivity (Wildman–Crippen MR) is 179 cm³/mol. The number of esters is 1. The van der Waals surface area contributed by atoms with Crippen molar-refractivity contribution in [1.82, 2.24) is 5.32 Å². The van der Waals surface area contributed by atoms with Crippen molar-refractivity contribution in [2.24, 2.45) is 0 Å². The summed E-state index contributed by atoms with van der Waals surface area (Å²) >= 11 is 0. The molecule has 0 bridgehead atoms. The molecule has 314 valence electrons. The maximum absolute atomic E-state index is 13.5. The summed E-state index contributed by atoms with van der Waals surface area (Å²) in [6, 6.07) is 0. The third-order valence-corrected chi connectivity index (χ3v) is 6.10. The third kappa shape index (κ3) is 26.1. The standard InChI is InChI=1S/C34H54F5NO14/c1-34(2,3)54-33(42)40-5-7-44-9-11-46-13-15-48-17-19-50-21-23-52-25-24-51-22-20-49-18-16-47-14-12-45-10-8-43-6-4-26(41)53-32-30(38)28(36)27(35)29(37)31(32)39/h4-25H2,1-3H3,(H,40,42). The molecule has 1 N–H and O–H groups in total. The summed E-state index contributed by atoms with van der Waals surface area (Å²) in [4.78, 5) is 23.1. The van der Waals surface area contributed by atoms with Gasteiger partial charge >= 0.3 is 12.1 Å². The lowest BCUT2D eigenvalue weighted by atomic mass is 10.2. The number of hydrogen-bond donors (Lipinski definition) is 1. The van der Waals surface area contributed by atoms with Crippen molar-refractivity contribution >= 4 is 12.1 Å². The summed E-state index contributed by atoms with van der Waals surface area (Å²) in [6.45, 7) is 12.5. The molecule has 15 nitrogen and oxygen atoms in total. The normalized spacial score (nSPS) is 11.6. The van der Waals surface area contributed by atoms with E-state index in [1.807, 2.05) is 0 Å². The van der Waals surface area contributed by atoms with Crippen LogP contribution in [0.5, 0.6) is 5.75 Å². The van der Waals surface area contributed by atoms with Gasteiger partial charge in [-0.1, -0.05) is 0 Å². The number of amides is 1. The Bertz CT molecular complexity index is 1120. The first-order valence-corrected chi connectivity index (χ1v) is 17.4. The van der Waals surface area contributed by atoms with Crippen molar-refractivity contribution < 1.29 is 88.4 Å². The Morgan fingerprint density at radius 2 is 0.722 bits per heavy atom. The number of carbonyl (C=O) groups is 2. The van der Waals surface area contributed by atoms with Crippen LogP contribution in [0.2, 0.25) is 0 Å². The maximum Gasteiger partial charge on any atom is 0.407 e. The number of hydrogen-bond acceptors (Lipinski definition) is 14. The topological polar surface area (TPSA) is 157 Å². The Labute approximate surface area is 312 Å². The quantitative estimate of drug-likeness (QED) is 0.0271. The number of rotatable bonds is 34. The fourth-order valence-electron chi connectivity index (χ4n) is 3.62. The largest absolute Gasteiger partial charge is 0.444 e. The zero-order chi connectivity index (χ0) is 39.9. The molecular formula is C34H54F5NO14. The van der Waals surface area contributed by atoms with E-state index in [1.54, 1.807) is 20.8 Å². The number of nitrogens with one attached hydrogen (secondary N) is 1. The third-order valence-electron chi connectivity index (χ3n) is 6.10. The molecule has 0 heterocycles. The van der Waals surface area contributed by atoms with Gasteiger partial charge in [0, 0.05) is 6.54 Å².